The molecule has 0 N–H and O–H groups in total. The van der Waals surface area contributed by atoms with Crippen molar-refractivity contribution in [1.82, 2.24) is 0 Å². The van der Waals surface area contributed by atoms with Crippen LogP contribution in [-0.4, -0.2) is 33.5 Å². The van der Waals surface area contributed by atoms with Crippen LogP contribution in [0.2, 0.25) is 0 Å². The third-order valence-electron chi connectivity index (χ3n) is 1.48. The van der Waals surface area contributed by atoms with Crippen molar-refractivity contribution >= 4 is 26.4 Å². The summed E-state index contributed by atoms with van der Waals surface area (Å²) in [6.07, 6.45) is 2.89. The molecule has 0 aliphatic rings. The molecule has 0 saturated heterocycles. The first kappa shape index (κ1) is 10.4. The van der Waals surface area contributed by atoms with E-state index in [4.69, 9.17) is 15.3 Å². The van der Waals surface area contributed by atoms with Crippen LogP contribution in [-0.2, 0) is 0 Å². The van der Waals surface area contributed by atoms with Crippen LogP contribution in [0.15, 0.2) is 16.6 Å². The molecule has 0 fully saturated rings. The van der Waals surface area contributed by atoms with Gasteiger partial charge in [-0.25, -0.2) is 0 Å². The fraction of sp³-hybridized carbons (Fsp3) is 0.500. The molecule has 0 aromatic heterocycles. The van der Waals surface area contributed by atoms with Crippen molar-refractivity contribution in [2.75, 3.05) is 7.05 Å². The fourth-order valence-corrected chi connectivity index (χ4v) is 0.612. The Morgan fingerprint density at radius 2 is 2.09 bits per heavy atom. The molecule has 0 heterocycles. The predicted molar refractivity (Wildman–Crippen MR) is 53.9 cm³/mol. The molecular weight excluding hydrogens is 132 g/mol. The molecule has 0 amide bonds. The molecule has 0 spiro atoms. The van der Waals surface area contributed by atoms with Crippen molar-refractivity contribution in [1.29, 1.82) is 0 Å². The monoisotopic (exact) mass is 144 g/mol. The van der Waals surface area contributed by atoms with Gasteiger partial charge in [0.25, 0.3) is 0 Å². The number of aliphatic imine (C=N–C) groups is 1. The van der Waals surface area contributed by atoms with Crippen LogP contribution < -0.4 is 0 Å². The molecule has 0 rings (SSSR count). The third-order valence-corrected chi connectivity index (χ3v) is 1.48. The van der Waals surface area contributed by atoms with E-state index >= 15 is 0 Å². The van der Waals surface area contributed by atoms with E-state index in [0.29, 0.717) is 5.71 Å². The van der Waals surface area contributed by atoms with E-state index in [-0.39, 0.29) is 5.36 Å². The van der Waals surface area contributed by atoms with Crippen molar-refractivity contribution in [2.24, 2.45) is 4.99 Å². The summed E-state index contributed by atoms with van der Waals surface area (Å²) in [4.78, 5) is 3.93. The van der Waals surface area contributed by atoms with Crippen molar-refractivity contribution in [3.8, 4) is 0 Å². The van der Waals surface area contributed by atoms with Crippen LogP contribution in [0, 0.1) is 0 Å². The summed E-state index contributed by atoms with van der Waals surface area (Å²) >= 11 is 0. The second kappa shape index (κ2) is 5.11. The number of rotatable bonds is 3. The zero-order valence-electron chi connectivity index (χ0n) is 7.39. The molecule has 0 saturated carbocycles. The van der Waals surface area contributed by atoms with Crippen LogP contribution in [0.5, 0.6) is 0 Å². The number of allylic oxidation sites excluding steroid dienone is 2. The van der Waals surface area contributed by atoms with E-state index in [1.807, 2.05) is 13.0 Å². The van der Waals surface area contributed by atoms with Gasteiger partial charge < -0.3 is 0 Å². The quantitative estimate of drug-likeness (QED) is 0.411. The zero-order valence-corrected chi connectivity index (χ0v) is 7.39. The normalized spacial score (nSPS) is 13.3. The van der Waals surface area contributed by atoms with Gasteiger partial charge in [0.15, 0.2) is 0 Å². The van der Waals surface area contributed by atoms with Gasteiger partial charge in [-0.2, -0.15) is 0 Å². The second-order valence-corrected chi connectivity index (χ2v) is 2.41. The Morgan fingerprint density at radius 3 is 2.36 bits per heavy atom. The topological polar surface area (TPSA) is 12.4 Å². The molecule has 3 heteroatoms. The summed E-state index contributed by atoms with van der Waals surface area (Å²) in [5.74, 6) is 0. The summed E-state index contributed by atoms with van der Waals surface area (Å²) in [6.45, 7) is 4.10. The maximum atomic E-state index is 5.37. The van der Waals surface area contributed by atoms with E-state index in [1.165, 1.54) is 5.57 Å². The molecule has 0 aliphatic carbocycles. The molecule has 0 bridgehead atoms. The standard InChI is InChI=1S/C8H12B2N/c1-4-6(2)5-7(11-3)8(9)10/h5H,4H2,1-3H3/b6-5+,11-7?. The van der Waals surface area contributed by atoms with E-state index < -0.39 is 0 Å². The van der Waals surface area contributed by atoms with Crippen molar-refractivity contribution in [2.45, 2.75) is 20.3 Å². The van der Waals surface area contributed by atoms with E-state index in [0.717, 1.165) is 6.42 Å². The summed E-state index contributed by atoms with van der Waals surface area (Å²) in [5.41, 5.74) is 1.89. The summed E-state index contributed by atoms with van der Waals surface area (Å²) in [6, 6.07) is 0. The molecule has 11 heavy (non-hydrogen) atoms. The van der Waals surface area contributed by atoms with Gasteiger partial charge in [0.05, 0.1) is 0 Å². The number of hydrogen-bond donors (Lipinski definition) is 0. The Balaban J connectivity index is 4.45. The average Bonchev–Trinajstić information content (AvgIpc) is 1.99. The molecular formula is C8H12B2N. The Labute approximate surface area is 71.1 Å². The van der Waals surface area contributed by atoms with Gasteiger partial charge in [0.2, 0.25) is 0 Å². The van der Waals surface area contributed by atoms with Gasteiger partial charge >= 0.3 is 70.4 Å². The summed E-state index contributed by atoms with van der Waals surface area (Å²) in [5, 5.41) is 0.278. The Bertz CT molecular complexity index is 204. The van der Waals surface area contributed by atoms with Gasteiger partial charge in [0.1, 0.15) is 0 Å². The first-order valence-corrected chi connectivity index (χ1v) is 3.64. The third kappa shape index (κ3) is 3.97. The minimum absolute atomic E-state index is 0.278. The van der Waals surface area contributed by atoms with E-state index in [9.17, 15) is 0 Å². The maximum absolute atomic E-state index is 5.37. The molecule has 1 nitrogen and oxygen atoms in total. The zero-order chi connectivity index (χ0) is 8.85. The van der Waals surface area contributed by atoms with Crippen LogP contribution in [0.3, 0.4) is 0 Å². The Hall–Kier alpha value is -0.590. The SMILES string of the molecule is [B]C(=[B])C(/C=C(\C)CC)=NC. The molecule has 0 unspecified atom stereocenters. The first-order chi connectivity index (χ1) is 5.11. The molecule has 0 aliphatic heterocycles. The van der Waals surface area contributed by atoms with Crippen molar-refractivity contribution < 1.29 is 0 Å². The Morgan fingerprint density at radius 1 is 1.55 bits per heavy atom. The van der Waals surface area contributed by atoms with Gasteiger partial charge in [-0.15, -0.1) is 0 Å². The first-order valence-electron chi connectivity index (χ1n) is 3.64. The van der Waals surface area contributed by atoms with Gasteiger partial charge in [0, 0.05) is 0 Å². The summed E-state index contributed by atoms with van der Waals surface area (Å²) in [7, 11) is 12.4. The van der Waals surface area contributed by atoms with Crippen LogP contribution in [0.1, 0.15) is 20.3 Å². The summed E-state index contributed by atoms with van der Waals surface area (Å²) < 4.78 is 0. The fourth-order valence-electron chi connectivity index (χ4n) is 0.612. The van der Waals surface area contributed by atoms with Crippen LogP contribution in [0.4, 0.5) is 0 Å². The Kier molecular flexibility index (Phi) is 4.84. The van der Waals surface area contributed by atoms with Gasteiger partial charge in [-0.3, -0.25) is 0 Å². The molecule has 0 aromatic rings. The van der Waals surface area contributed by atoms with Crippen molar-refractivity contribution in [3.05, 3.63) is 11.6 Å². The minimum atomic E-state index is 0.278. The molecule has 55 valence electrons. The average molecular weight is 144 g/mol. The van der Waals surface area contributed by atoms with Crippen molar-refractivity contribution in [3.63, 3.8) is 0 Å². The van der Waals surface area contributed by atoms with Gasteiger partial charge in [-0.05, 0) is 0 Å². The number of hydrogen-bond acceptors (Lipinski definition) is 1. The second-order valence-electron chi connectivity index (χ2n) is 2.41. The van der Waals surface area contributed by atoms with Crippen LogP contribution >= 0.6 is 0 Å². The van der Waals surface area contributed by atoms with E-state index in [1.54, 1.807) is 7.05 Å². The number of nitrogens with zero attached hydrogens (tertiary/aromatic N) is 1. The molecule has 0 aromatic carbocycles. The predicted octanol–water partition coefficient (Wildman–Crippen LogP) is 0.880. The van der Waals surface area contributed by atoms with Gasteiger partial charge in [-0.1, -0.05) is 0 Å². The molecule has 0 atom stereocenters. The van der Waals surface area contributed by atoms with Crippen LogP contribution in [0.25, 0.3) is 0 Å². The molecule has 3 radical (unpaired) electrons. The van der Waals surface area contributed by atoms with E-state index in [2.05, 4.69) is 11.9 Å².